The van der Waals surface area contributed by atoms with Gasteiger partial charge in [0.1, 0.15) is 0 Å². The van der Waals surface area contributed by atoms with E-state index in [0.717, 1.165) is 8.04 Å². The highest BCUT2D eigenvalue weighted by Crippen LogP contribution is 2.18. The minimum absolute atomic E-state index is 0.299. The highest BCUT2D eigenvalue weighted by molar-refractivity contribution is 14.1. The third kappa shape index (κ3) is 2.20. The highest BCUT2D eigenvalue weighted by Gasteiger charge is 2.08. The van der Waals surface area contributed by atoms with Gasteiger partial charge in [-0.3, -0.25) is 0 Å². The van der Waals surface area contributed by atoms with Crippen molar-refractivity contribution in [3.8, 4) is 0 Å². The summed E-state index contributed by atoms with van der Waals surface area (Å²) in [5.41, 5.74) is 0.598. The Morgan fingerprint density at radius 3 is 2.75 bits per heavy atom. The first kappa shape index (κ1) is 9.98. The van der Waals surface area contributed by atoms with Crippen LogP contribution < -0.4 is 0 Å². The molecule has 0 aliphatic rings. The molecule has 4 heteroatoms. The van der Waals surface area contributed by atoms with Crippen LogP contribution in [0.15, 0.2) is 22.7 Å². The summed E-state index contributed by atoms with van der Waals surface area (Å²) in [5.74, 6) is -0.299. The third-order valence-corrected chi connectivity index (χ3v) is 2.72. The lowest BCUT2D eigenvalue weighted by atomic mass is 10.2. The molecule has 0 bridgehead atoms. The fourth-order valence-electron chi connectivity index (χ4n) is 0.765. The van der Waals surface area contributed by atoms with Crippen molar-refractivity contribution in [2.24, 2.45) is 0 Å². The Morgan fingerprint density at radius 1 is 1.58 bits per heavy atom. The zero-order chi connectivity index (χ0) is 9.14. The molecule has 12 heavy (non-hydrogen) atoms. The molecule has 0 spiro atoms. The van der Waals surface area contributed by atoms with E-state index in [0.29, 0.717) is 5.56 Å². The predicted molar refractivity (Wildman–Crippen MR) is 58.2 cm³/mol. The van der Waals surface area contributed by atoms with Crippen LogP contribution in [-0.4, -0.2) is 13.1 Å². The fourth-order valence-corrected chi connectivity index (χ4v) is 2.29. The summed E-state index contributed by atoms with van der Waals surface area (Å²) in [7, 11) is 1.38. The van der Waals surface area contributed by atoms with Gasteiger partial charge in [-0.05, 0) is 40.8 Å². The largest absolute Gasteiger partial charge is 0.465 e. The van der Waals surface area contributed by atoms with Crippen molar-refractivity contribution in [3.63, 3.8) is 0 Å². The lowest BCUT2D eigenvalue weighted by Crippen LogP contribution is -2.03. The van der Waals surface area contributed by atoms with Gasteiger partial charge in [0.2, 0.25) is 0 Å². The minimum Gasteiger partial charge on any atom is -0.465 e. The molecule has 0 aromatic heterocycles. The van der Waals surface area contributed by atoms with Gasteiger partial charge in [0, 0.05) is 8.04 Å². The standard InChI is InChI=1S/C8H6BrIO2/c1-12-8(11)6-3-2-5(9)4-7(6)10/h2-4H,1H3. The van der Waals surface area contributed by atoms with E-state index in [4.69, 9.17) is 0 Å². The number of esters is 1. The van der Waals surface area contributed by atoms with Gasteiger partial charge in [-0.15, -0.1) is 0 Å². The Balaban J connectivity index is 3.09. The average molecular weight is 341 g/mol. The molecule has 0 amide bonds. The molecule has 0 radical (unpaired) electrons. The van der Waals surface area contributed by atoms with E-state index in [2.05, 4.69) is 43.3 Å². The van der Waals surface area contributed by atoms with E-state index >= 15 is 0 Å². The molecule has 0 aliphatic heterocycles. The quantitative estimate of drug-likeness (QED) is 0.580. The Morgan fingerprint density at radius 2 is 2.25 bits per heavy atom. The van der Waals surface area contributed by atoms with Crippen LogP contribution in [0, 0.1) is 3.57 Å². The van der Waals surface area contributed by atoms with Crippen LogP contribution >= 0.6 is 38.5 Å². The number of hydrogen-bond donors (Lipinski definition) is 0. The molecule has 0 saturated heterocycles. The van der Waals surface area contributed by atoms with E-state index in [1.165, 1.54) is 7.11 Å². The fraction of sp³-hybridized carbons (Fsp3) is 0.125. The molecule has 0 N–H and O–H groups in total. The molecule has 1 aromatic carbocycles. The van der Waals surface area contributed by atoms with E-state index in [1.807, 2.05) is 12.1 Å². The number of benzene rings is 1. The van der Waals surface area contributed by atoms with Crippen molar-refractivity contribution in [1.82, 2.24) is 0 Å². The van der Waals surface area contributed by atoms with Gasteiger partial charge in [0.15, 0.2) is 0 Å². The number of carbonyl (C=O) groups is 1. The van der Waals surface area contributed by atoms with Crippen LogP contribution in [0.5, 0.6) is 0 Å². The Hall–Kier alpha value is -0.100. The lowest BCUT2D eigenvalue weighted by Gasteiger charge is -2.01. The SMILES string of the molecule is COC(=O)c1ccc(Br)cc1I. The molecule has 0 unspecified atom stereocenters. The van der Waals surface area contributed by atoms with E-state index in [-0.39, 0.29) is 5.97 Å². The number of methoxy groups -OCH3 is 1. The summed E-state index contributed by atoms with van der Waals surface area (Å²) in [5, 5.41) is 0. The summed E-state index contributed by atoms with van der Waals surface area (Å²) in [4.78, 5) is 11.1. The maximum Gasteiger partial charge on any atom is 0.338 e. The summed E-state index contributed by atoms with van der Waals surface area (Å²) in [6, 6.07) is 5.42. The minimum atomic E-state index is -0.299. The van der Waals surface area contributed by atoms with Gasteiger partial charge in [0.05, 0.1) is 12.7 Å². The van der Waals surface area contributed by atoms with Gasteiger partial charge in [0.25, 0.3) is 0 Å². The number of hydrogen-bond acceptors (Lipinski definition) is 2. The van der Waals surface area contributed by atoms with E-state index in [9.17, 15) is 4.79 Å². The smallest absolute Gasteiger partial charge is 0.338 e. The van der Waals surface area contributed by atoms with Gasteiger partial charge in [-0.25, -0.2) is 4.79 Å². The molecule has 1 rings (SSSR count). The second-order valence-electron chi connectivity index (χ2n) is 2.12. The molecule has 1 aromatic rings. The number of halogens is 2. The maximum atomic E-state index is 11.1. The summed E-state index contributed by atoms with van der Waals surface area (Å²) in [6.07, 6.45) is 0. The normalized spacial score (nSPS) is 9.58. The highest BCUT2D eigenvalue weighted by atomic mass is 127. The average Bonchev–Trinajstić information content (AvgIpc) is 2.03. The van der Waals surface area contributed by atoms with Crippen LogP contribution in [0.25, 0.3) is 0 Å². The van der Waals surface area contributed by atoms with Gasteiger partial charge in [-0.2, -0.15) is 0 Å². The Bertz CT molecular complexity index is 312. The molecule has 0 aliphatic carbocycles. The molecule has 64 valence electrons. The molecule has 0 atom stereocenters. The van der Waals surface area contributed by atoms with Gasteiger partial charge >= 0.3 is 5.97 Å². The molecular weight excluding hydrogens is 335 g/mol. The zero-order valence-electron chi connectivity index (χ0n) is 6.30. The first-order valence-electron chi connectivity index (χ1n) is 3.18. The van der Waals surface area contributed by atoms with Crippen molar-refractivity contribution in [2.45, 2.75) is 0 Å². The van der Waals surface area contributed by atoms with Crippen LogP contribution in [0.2, 0.25) is 0 Å². The molecule has 0 heterocycles. The first-order chi connectivity index (χ1) is 5.65. The third-order valence-electron chi connectivity index (χ3n) is 1.34. The number of carbonyl (C=O) groups excluding carboxylic acids is 1. The number of rotatable bonds is 1. The van der Waals surface area contributed by atoms with Crippen LogP contribution in [0.3, 0.4) is 0 Å². The molecule has 2 nitrogen and oxygen atoms in total. The van der Waals surface area contributed by atoms with Gasteiger partial charge < -0.3 is 4.74 Å². The monoisotopic (exact) mass is 340 g/mol. The first-order valence-corrected chi connectivity index (χ1v) is 5.05. The van der Waals surface area contributed by atoms with Crippen molar-refractivity contribution >= 4 is 44.5 Å². The molecule has 0 saturated carbocycles. The summed E-state index contributed by atoms with van der Waals surface area (Å²) < 4.78 is 6.44. The van der Waals surface area contributed by atoms with Crippen molar-refractivity contribution in [2.75, 3.05) is 7.11 Å². The van der Waals surface area contributed by atoms with Gasteiger partial charge in [-0.1, -0.05) is 15.9 Å². The molecule has 0 fully saturated rings. The lowest BCUT2D eigenvalue weighted by molar-refractivity contribution is 0.0599. The van der Waals surface area contributed by atoms with Crippen LogP contribution in [-0.2, 0) is 4.74 Å². The second kappa shape index (κ2) is 4.23. The second-order valence-corrected chi connectivity index (χ2v) is 4.19. The topological polar surface area (TPSA) is 26.3 Å². The maximum absolute atomic E-state index is 11.1. The van der Waals surface area contributed by atoms with Crippen LogP contribution in [0.4, 0.5) is 0 Å². The summed E-state index contributed by atoms with van der Waals surface area (Å²) >= 11 is 5.40. The zero-order valence-corrected chi connectivity index (χ0v) is 10.0. The Kier molecular flexibility index (Phi) is 3.52. The molecular formula is C8H6BrIO2. The Labute approximate surface area is 92.6 Å². The van der Waals surface area contributed by atoms with Crippen molar-refractivity contribution < 1.29 is 9.53 Å². The van der Waals surface area contributed by atoms with Crippen molar-refractivity contribution in [1.29, 1.82) is 0 Å². The summed E-state index contributed by atoms with van der Waals surface area (Å²) in [6.45, 7) is 0. The van der Waals surface area contributed by atoms with E-state index in [1.54, 1.807) is 6.07 Å². The van der Waals surface area contributed by atoms with Crippen molar-refractivity contribution in [3.05, 3.63) is 31.8 Å². The van der Waals surface area contributed by atoms with E-state index < -0.39 is 0 Å². The van der Waals surface area contributed by atoms with Crippen LogP contribution in [0.1, 0.15) is 10.4 Å². The number of ether oxygens (including phenoxy) is 1. The predicted octanol–water partition coefficient (Wildman–Crippen LogP) is 2.84.